The number of hydrogen-bond donors (Lipinski definition) is 1. The van der Waals surface area contributed by atoms with Gasteiger partial charge in [-0.25, -0.2) is 0 Å². The van der Waals surface area contributed by atoms with Crippen LogP contribution >= 0.6 is 0 Å². The van der Waals surface area contributed by atoms with Crippen molar-refractivity contribution >= 4 is 5.78 Å². The van der Waals surface area contributed by atoms with Gasteiger partial charge in [0.05, 0.1) is 6.61 Å². The summed E-state index contributed by atoms with van der Waals surface area (Å²) in [7, 11) is 1.95. The summed E-state index contributed by atoms with van der Waals surface area (Å²) in [4.78, 5) is 13.9. The van der Waals surface area contributed by atoms with E-state index in [-0.39, 0.29) is 17.9 Å². The van der Waals surface area contributed by atoms with Crippen molar-refractivity contribution in [3.05, 3.63) is 0 Å². The number of aliphatic hydroxyl groups excluding tert-OH is 1. The van der Waals surface area contributed by atoms with Gasteiger partial charge in [0, 0.05) is 24.4 Å². The lowest BCUT2D eigenvalue weighted by Gasteiger charge is -2.20. The van der Waals surface area contributed by atoms with Gasteiger partial charge in [0.25, 0.3) is 0 Å². The molecule has 0 aromatic rings. The van der Waals surface area contributed by atoms with Crippen molar-refractivity contribution in [2.75, 3.05) is 26.7 Å². The first-order valence-corrected chi connectivity index (χ1v) is 5.31. The molecule has 3 heteroatoms. The minimum Gasteiger partial charge on any atom is -0.395 e. The first-order chi connectivity index (χ1) is 6.47. The van der Waals surface area contributed by atoms with Crippen LogP contribution in [-0.2, 0) is 4.79 Å². The molecule has 1 fully saturated rings. The number of carbonyl (C=O) groups excluding carboxylic acids is 1. The minimum absolute atomic E-state index is 0.120. The fourth-order valence-electron chi connectivity index (χ4n) is 2.15. The molecule has 1 unspecified atom stereocenters. The molecular weight excluding hydrogens is 178 g/mol. The lowest BCUT2D eigenvalue weighted by Crippen LogP contribution is -2.32. The summed E-state index contributed by atoms with van der Waals surface area (Å²) in [6.07, 6.45) is 2.01. The number of likely N-dealkylation sites (N-methyl/N-ethyl adjacent to an activating group) is 1. The third-order valence-electron chi connectivity index (χ3n) is 3.17. The van der Waals surface area contributed by atoms with Gasteiger partial charge in [-0.1, -0.05) is 13.8 Å². The second kappa shape index (κ2) is 4.41. The van der Waals surface area contributed by atoms with Crippen LogP contribution in [0.4, 0.5) is 0 Å². The van der Waals surface area contributed by atoms with Crippen LogP contribution in [0.25, 0.3) is 0 Å². The van der Waals surface area contributed by atoms with Crippen molar-refractivity contribution < 1.29 is 9.90 Å². The predicted molar refractivity (Wildman–Crippen MR) is 56.1 cm³/mol. The van der Waals surface area contributed by atoms with Gasteiger partial charge in [-0.05, 0) is 19.9 Å². The van der Waals surface area contributed by atoms with Gasteiger partial charge in [0.1, 0.15) is 5.78 Å². The Balaban J connectivity index is 2.44. The molecule has 1 atom stereocenters. The molecule has 1 aliphatic rings. The highest BCUT2D eigenvalue weighted by Gasteiger charge is 2.40. The number of nitrogens with zero attached hydrogens (tertiary/aromatic N) is 1. The maximum atomic E-state index is 11.9. The van der Waals surface area contributed by atoms with Crippen LogP contribution < -0.4 is 0 Å². The average molecular weight is 199 g/mol. The Kier molecular flexibility index (Phi) is 3.67. The summed E-state index contributed by atoms with van der Waals surface area (Å²) in [5.74, 6) is 0.573. The van der Waals surface area contributed by atoms with Crippen LogP contribution in [0.5, 0.6) is 0 Å². The van der Waals surface area contributed by atoms with E-state index >= 15 is 0 Å². The smallest absolute Gasteiger partial charge is 0.142 e. The largest absolute Gasteiger partial charge is 0.395 e. The van der Waals surface area contributed by atoms with E-state index in [9.17, 15) is 4.79 Å². The Labute approximate surface area is 86.1 Å². The lowest BCUT2D eigenvalue weighted by molar-refractivity contribution is -0.127. The number of ketones is 1. The molecule has 0 amide bonds. The van der Waals surface area contributed by atoms with Gasteiger partial charge in [0.2, 0.25) is 0 Å². The van der Waals surface area contributed by atoms with Gasteiger partial charge in [-0.3, -0.25) is 4.79 Å². The third kappa shape index (κ3) is 2.55. The van der Waals surface area contributed by atoms with Crippen molar-refractivity contribution in [1.82, 2.24) is 4.90 Å². The van der Waals surface area contributed by atoms with Crippen molar-refractivity contribution in [2.45, 2.75) is 26.7 Å². The Morgan fingerprint density at radius 2 is 2.21 bits per heavy atom. The van der Waals surface area contributed by atoms with Crippen LogP contribution in [0.3, 0.4) is 0 Å². The summed E-state index contributed by atoms with van der Waals surface area (Å²) < 4.78 is 0. The Bertz CT molecular complexity index is 213. The standard InChI is InChI=1S/C11H21NO2/c1-11(2)5-4-9(10(11)14)8-12(3)6-7-13/h9,13H,4-8H2,1-3H3. The molecule has 1 saturated carbocycles. The highest BCUT2D eigenvalue weighted by Crippen LogP contribution is 2.37. The molecule has 82 valence electrons. The van der Waals surface area contributed by atoms with Gasteiger partial charge in [-0.15, -0.1) is 0 Å². The molecule has 0 spiro atoms. The molecular formula is C11H21NO2. The van der Waals surface area contributed by atoms with E-state index in [1.165, 1.54) is 0 Å². The highest BCUT2D eigenvalue weighted by atomic mass is 16.3. The van der Waals surface area contributed by atoms with Gasteiger partial charge < -0.3 is 10.0 Å². The number of rotatable bonds is 4. The van der Waals surface area contributed by atoms with Crippen molar-refractivity contribution in [2.24, 2.45) is 11.3 Å². The van der Waals surface area contributed by atoms with E-state index in [0.717, 1.165) is 19.4 Å². The second-order valence-electron chi connectivity index (χ2n) is 4.97. The quantitative estimate of drug-likeness (QED) is 0.732. The molecule has 1 aliphatic carbocycles. The number of Topliss-reactive ketones (excluding diaryl/α,β-unsaturated/α-hetero) is 1. The van der Waals surface area contributed by atoms with Crippen molar-refractivity contribution in [3.8, 4) is 0 Å². The fraction of sp³-hybridized carbons (Fsp3) is 0.909. The minimum atomic E-state index is -0.120. The summed E-state index contributed by atoms with van der Waals surface area (Å²) in [5.41, 5.74) is -0.120. The molecule has 14 heavy (non-hydrogen) atoms. The first-order valence-electron chi connectivity index (χ1n) is 5.31. The molecule has 0 aromatic carbocycles. The summed E-state index contributed by atoms with van der Waals surface area (Å²) >= 11 is 0. The summed E-state index contributed by atoms with van der Waals surface area (Å²) in [6.45, 7) is 5.68. The Hall–Kier alpha value is -0.410. The highest BCUT2D eigenvalue weighted by molar-refractivity contribution is 5.88. The lowest BCUT2D eigenvalue weighted by atomic mass is 9.89. The molecule has 0 radical (unpaired) electrons. The zero-order valence-electron chi connectivity index (χ0n) is 9.42. The van der Waals surface area contributed by atoms with E-state index < -0.39 is 0 Å². The second-order valence-corrected chi connectivity index (χ2v) is 4.97. The molecule has 0 heterocycles. The van der Waals surface area contributed by atoms with Crippen LogP contribution in [-0.4, -0.2) is 42.5 Å². The Morgan fingerprint density at radius 1 is 1.57 bits per heavy atom. The van der Waals surface area contributed by atoms with Crippen LogP contribution in [0, 0.1) is 11.3 Å². The first kappa shape index (κ1) is 11.7. The average Bonchev–Trinajstić information content (AvgIpc) is 2.33. The zero-order valence-corrected chi connectivity index (χ0v) is 9.42. The van der Waals surface area contributed by atoms with Gasteiger partial charge in [0.15, 0.2) is 0 Å². The molecule has 0 aromatic heterocycles. The van der Waals surface area contributed by atoms with Crippen molar-refractivity contribution in [3.63, 3.8) is 0 Å². The molecule has 0 aliphatic heterocycles. The van der Waals surface area contributed by atoms with Crippen LogP contribution in [0.15, 0.2) is 0 Å². The van der Waals surface area contributed by atoms with E-state index in [1.54, 1.807) is 0 Å². The molecule has 1 rings (SSSR count). The molecule has 0 bridgehead atoms. The van der Waals surface area contributed by atoms with E-state index in [1.807, 2.05) is 25.8 Å². The number of aliphatic hydroxyl groups is 1. The van der Waals surface area contributed by atoms with E-state index in [2.05, 4.69) is 0 Å². The van der Waals surface area contributed by atoms with Crippen LogP contribution in [0.2, 0.25) is 0 Å². The zero-order chi connectivity index (χ0) is 10.8. The van der Waals surface area contributed by atoms with E-state index in [4.69, 9.17) is 5.11 Å². The van der Waals surface area contributed by atoms with Gasteiger partial charge in [-0.2, -0.15) is 0 Å². The fourth-order valence-corrected chi connectivity index (χ4v) is 2.15. The summed E-state index contributed by atoms with van der Waals surface area (Å²) in [6, 6.07) is 0. The topological polar surface area (TPSA) is 40.5 Å². The molecule has 3 nitrogen and oxygen atoms in total. The third-order valence-corrected chi connectivity index (χ3v) is 3.17. The maximum Gasteiger partial charge on any atom is 0.142 e. The number of carbonyl (C=O) groups is 1. The predicted octanol–water partition coefficient (Wildman–Crippen LogP) is 0.916. The van der Waals surface area contributed by atoms with E-state index in [0.29, 0.717) is 12.3 Å². The van der Waals surface area contributed by atoms with Gasteiger partial charge >= 0.3 is 0 Å². The molecule has 0 saturated heterocycles. The monoisotopic (exact) mass is 199 g/mol. The SMILES string of the molecule is CN(CCO)CC1CCC(C)(C)C1=O. The Morgan fingerprint density at radius 3 is 2.64 bits per heavy atom. The van der Waals surface area contributed by atoms with Crippen LogP contribution in [0.1, 0.15) is 26.7 Å². The molecule has 1 N–H and O–H groups in total. The normalized spacial score (nSPS) is 26.1. The number of hydrogen-bond acceptors (Lipinski definition) is 3. The summed E-state index contributed by atoms with van der Waals surface area (Å²) in [5, 5.41) is 8.75. The maximum absolute atomic E-state index is 11.9. The van der Waals surface area contributed by atoms with Crippen molar-refractivity contribution in [1.29, 1.82) is 0 Å².